The molecule has 1 aliphatic rings. The summed E-state index contributed by atoms with van der Waals surface area (Å²) in [4.78, 5) is 10.0. The molecule has 2 atom stereocenters. The molecule has 37 heavy (non-hydrogen) atoms. The van der Waals surface area contributed by atoms with Crippen molar-refractivity contribution in [1.29, 1.82) is 0 Å². The van der Waals surface area contributed by atoms with Crippen LogP contribution in [0.2, 0.25) is 0 Å². The van der Waals surface area contributed by atoms with E-state index in [0.717, 1.165) is 30.1 Å². The fourth-order valence-corrected chi connectivity index (χ4v) is 4.87. The van der Waals surface area contributed by atoms with Crippen molar-refractivity contribution in [3.63, 3.8) is 0 Å². The molecule has 3 N–H and O–H groups in total. The Labute approximate surface area is 217 Å². The Bertz CT molecular complexity index is 1360. The van der Waals surface area contributed by atoms with Gasteiger partial charge in [0.15, 0.2) is 11.5 Å². The quantitative estimate of drug-likeness (QED) is 0.315. The van der Waals surface area contributed by atoms with Gasteiger partial charge in [-0.1, -0.05) is 18.2 Å². The smallest absolute Gasteiger partial charge is 0.270 e. The van der Waals surface area contributed by atoms with Gasteiger partial charge < -0.3 is 20.2 Å². The number of rotatable bonds is 9. The third-order valence-electron chi connectivity index (χ3n) is 5.92. The van der Waals surface area contributed by atoms with Gasteiger partial charge in [-0.15, -0.1) is 22.0 Å². The van der Waals surface area contributed by atoms with Crippen molar-refractivity contribution in [1.82, 2.24) is 25.5 Å². The number of nitrogens with zero attached hydrogens (tertiary/aromatic N) is 4. The third kappa shape index (κ3) is 5.95. The summed E-state index contributed by atoms with van der Waals surface area (Å²) in [5.74, 6) is -0.376. The molecule has 0 spiro atoms. The number of benzene rings is 2. The zero-order valence-corrected chi connectivity index (χ0v) is 21.0. The van der Waals surface area contributed by atoms with E-state index in [9.17, 15) is 8.78 Å². The first-order chi connectivity index (χ1) is 18.0. The molecule has 0 saturated carbocycles. The van der Waals surface area contributed by atoms with Crippen LogP contribution in [0.25, 0.3) is 34.3 Å². The maximum atomic E-state index is 14.8. The lowest BCUT2D eigenvalue weighted by Crippen LogP contribution is -2.27. The molecule has 192 valence electrons. The van der Waals surface area contributed by atoms with Gasteiger partial charge in [0.1, 0.15) is 12.5 Å². The van der Waals surface area contributed by atoms with Gasteiger partial charge in [-0.05, 0) is 43.2 Å². The predicted octanol–water partition coefficient (Wildman–Crippen LogP) is 4.91. The van der Waals surface area contributed by atoms with Crippen LogP contribution in [0.4, 0.5) is 14.6 Å². The van der Waals surface area contributed by atoms with Crippen LogP contribution < -0.4 is 11.1 Å². The Hall–Kier alpha value is -3.41. The average molecular weight is 525 g/mol. The molecule has 0 bridgehead atoms. The predicted molar refractivity (Wildman–Crippen MR) is 138 cm³/mol. The second-order valence-corrected chi connectivity index (χ2v) is 10.2. The molecule has 3 heterocycles. The van der Waals surface area contributed by atoms with Crippen molar-refractivity contribution in [2.24, 2.45) is 0 Å². The Balaban J connectivity index is 1.34. The molecule has 2 aromatic heterocycles. The highest BCUT2D eigenvalue weighted by Crippen LogP contribution is 2.32. The van der Waals surface area contributed by atoms with Crippen molar-refractivity contribution in [2.45, 2.75) is 36.1 Å². The number of nitrogens with two attached hydrogens (primary N) is 1. The van der Waals surface area contributed by atoms with Gasteiger partial charge in [0.25, 0.3) is 11.8 Å². The van der Waals surface area contributed by atoms with E-state index < -0.39 is 12.5 Å². The highest BCUT2D eigenvalue weighted by molar-refractivity contribution is 8.00. The van der Waals surface area contributed by atoms with Crippen LogP contribution >= 0.6 is 11.8 Å². The van der Waals surface area contributed by atoms with Gasteiger partial charge in [0.05, 0.1) is 24.1 Å². The molecule has 5 rings (SSSR count). The average Bonchev–Trinajstić information content (AvgIpc) is 3.61. The Morgan fingerprint density at radius 2 is 1.97 bits per heavy atom. The normalized spacial score (nSPS) is 16.2. The first-order valence-electron chi connectivity index (χ1n) is 11.9. The molecule has 0 amide bonds. The second kappa shape index (κ2) is 11.3. The highest BCUT2D eigenvalue weighted by atomic mass is 32.2. The summed E-state index contributed by atoms with van der Waals surface area (Å²) in [7, 11) is 0. The molecular weight excluding hydrogens is 498 g/mol. The van der Waals surface area contributed by atoms with E-state index in [1.54, 1.807) is 37.0 Å². The Morgan fingerprint density at radius 1 is 1.16 bits per heavy atom. The second-order valence-electron chi connectivity index (χ2n) is 8.78. The SMILES string of the molecule is CC(CF)NCc1ccc(-c2nnc(-c3nc(-c4ccc(SC5CCOC5)cc4)cnc3N)o2)c(F)c1. The number of hydrogen-bond acceptors (Lipinski definition) is 9. The Kier molecular flexibility index (Phi) is 7.73. The molecule has 2 unspecified atom stereocenters. The van der Waals surface area contributed by atoms with Crippen LogP contribution in [-0.2, 0) is 11.3 Å². The number of aromatic nitrogens is 4. The van der Waals surface area contributed by atoms with Crippen molar-refractivity contribution in [3.05, 3.63) is 60.0 Å². The number of thioether (sulfide) groups is 1. The van der Waals surface area contributed by atoms with E-state index >= 15 is 0 Å². The standard InChI is InChI=1S/C26H26F2N6O2S/c1-15(11-27)30-12-16-2-7-20(21(28)10-16)25-33-34-26(36-25)23-24(29)31-13-22(32-23)17-3-5-18(6-4-17)37-19-8-9-35-14-19/h2-7,10,13,15,19,30H,8-9,11-12,14H2,1H3,(H2,29,31). The van der Waals surface area contributed by atoms with E-state index in [1.165, 1.54) is 6.07 Å². The van der Waals surface area contributed by atoms with E-state index in [2.05, 4.69) is 25.5 Å². The lowest BCUT2D eigenvalue weighted by atomic mass is 10.1. The van der Waals surface area contributed by atoms with Crippen molar-refractivity contribution in [3.8, 4) is 34.3 Å². The molecule has 8 nitrogen and oxygen atoms in total. The lowest BCUT2D eigenvalue weighted by Gasteiger charge is -2.10. The Morgan fingerprint density at radius 3 is 2.70 bits per heavy atom. The topological polar surface area (TPSA) is 112 Å². The molecule has 1 saturated heterocycles. The summed E-state index contributed by atoms with van der Waals surface area (Å²) in [5, 5.41) is 11.5. The zero-order valence-electron chi connectivity index (χ0n) is 20.2. The van der Waals surface area contributed by atoms with Crippen molar-refractivity contribution < 1.29 is 17.9 Å². The maximum Gasteiger partial charge on any atom is 0.270 e. The molecule has 0 aliphatic carbocycles. The van der Waals surface area contributed by atoms with Gasteiger partial charge in [0.2, 0.25) is 0 Å². The fourth-order valence-electron chi connectivity index (χ4n) is 3.81. The summed E-state index contributed by atoms with van der Waals surface area (Å²) in [6.07, 6.45) is 2.63. The lowest BCUT2D eigenvalue weighted by molar-refractivity contribution is 0.199. The van der Waals surface area contributed by atoms with Crippen LogP contribution in [0.1, 0.15) is 18.9 Å². The van der Waals surface area contributed by atoms with Crippen LogP contribution in [0.5, 0.6) is 0 Å². The summed E-state index contributed by atoms with van der Waals surface area (Å²) in [5.41, 5.74) is 8.55. The summed E-state index contributed by atoms with van der Waals surface area (Å²) in [6.45, 7) is 3.14. The van der Waals surface area contributed by atoms with Crippen LogP contribution in [0.3, 0.4) is 0 Å². The number of ether oxygens (including phenoxy) is 1. The maximum absolute atomic E-state index is 14.8. The summed E-state index contributed by atoms with van der Waals surface area (Å²) in [6, 6.07) is 12.3. The zero-order chi connectivity index (χ0) is 25.8. The molecule has 11 heteroatoms. The first-order valence-corrected chi connectivity index (χ1v) is 12.8. The van der Waals surface area contributed by atoms with E-state index in [-0.39, 0.29) is 34.9 Å². The third-order valence-corrected chi connectivity index (χ3v) is 7.17. The van der Waals surface area contributed by atoms with Gasteiger partial charge >= 0.3 is 0 Å². The van der Waals surface area contributed by atoms with Gasteiger partial charge in [-0.25, -0.2) is 18.7 Å². The van der Waals surface area contributed by atoms with Gasteiger partial charge in [0, 0.05) is 34.9 Å². The largest absolute Gasteiger partial charge is 0.414 e. The van der Waals surface area contributed by atoms with Gasteiger partial charge in [-0.3, -0.25) is 0 Å². The number of halogens is 2. The molecule has 2 aromatic carbocycles. The number of alkyl halides is 1. The van der Waals surface area contributed by atoms with Crippen LogP contribution in [0, 0.1) is 5.82 Å². The van der Waals surface area contributed by atoms with Gasteiger partial charge in [-0.2, -0.15) is 0 Å². The summed E-state index contributed by atoms with van der Waals surface area (Å²) < 4.78 is 38.6. The van der Waals surface area contributed by atoms with E-state index in [0.29, 0.717) is 23.1 Å². The van der Waals surface area contributed by atoms with E-state index in [4.69, 9.17) is 14.9 Å². The number of nitrogens with one attached hydrogen (secondary N) is 1. The molecule has 1 aliphatic heterocycles. The number of nitrogen functional groups attached to an aromatic ring is 1. The molecular formula is C26H26F2N6O2S. The number of hydrogen-bond donors (Lipinski definition) is 2. The monoisotopic (exact) mass is 524 g/mol. The van der Waals surface area contributed by atoms with Crippen molar-refractivity contribution >= 4 is 17.6 Å². The first kappa shape index (κ1) is 25.2. The van der Waals surface area contributed by atoms with Crippen LogP contribution in [-0.4, -0.2) is 51.3 Å². The number of anilines is 1. The van der Waals surface area contributed by atoms with Crippen molar-refractivity contribution in [2.75, 3.05) is 25.6 Å². The minimum Gasteiger partial charge on any atom is -0.414 e. The molecule has 4 aromatic rings. The summed E-state index contributed by atoms with van der Waals surface area (Å²) >= 11 is 1.80. The van der Waals surface area contributed by atoms with E-state index in [1.807, 2.05) is 24.3 Å². The minimum atomic E-state index is -0.530. The molecule has 1 fully saturated rings. The molecule has 0 radical (unpaired) electrons. The fraction of sp³-hybridized carbons (Fsp3) is 0.308. The van der Waals surface area contributed by atoms with Crippen LogP contribution in [0.15, 0.2) is 58.0 Å². The minimum absolute atomic E-state index is 0.00647. The highest BCUT2D eigenvalue weighted by Gasteiger charge is 2.20.